The Morgan fingerprint density at radius 1 is 1.23 bits per heavy atom. The van der Waals surface area contributed by atoms with Crippen molar-refractivity contribution in [3.05, 3.63) is 11.6 Å². The Bertz CT molecular complexity index is 194. The molecule has 13 heavy (non-hydrogen) atoms. The van der Waals surface area contributed by atoms with E-state index in [9.17, 15) is 9.59 Å². The molecule has 0 fully saturated rings. The fourth-order valence-corrected chi connectivity index (χ4v) is 0.717. The van der Waals surface area contributed by atoms with Crippen LogP contribution in [-0.2, 0) is 9.59 Å². The van der Waals surface area contributed by atoms with E-state index in [1.807, 2.05) is 6.92 Å². The Kier molecular flexibility index (Phi) is 9.32. The van der Waals surface area contributed by atoms with E-state index in [0.29, 0.717) is 6.42 Å². The number of hydrogen-bond acceptors (Lipinski definition) is 2. The molecule has 4 radical (unpaired) electrons. The first kappa shape index (κ1) is 15.0. The molecule has 5 heteroatoms. The zero-order valence-corrected chi connectivity index (χ0v) is 10.3. The van der Waals surface area contributed by atoms with Gasteiger partial charge in [0.15, 0.2) is 0 Å². The number of aliphatic carboxylic acids is 2. The van der Waals surface area contributed by atoms with Gasteiger partial charge in [-0.2, -0.15) is 0 Å². The van der Waals surface area contributed by atoms with Gasteiger partial charge >= 0.3 is 11.9 Å². The molecule has 0 unspecified atom stereocenters. The first-order valence-electron chi connectivity index (χ1n) is 3.76. The predicted octanol–water partition coefficient (Wildman–Crippen LogP) is 0.891. The number of hydrogen-bond donors (Lipinski definition) is 2. The Morgan fingerprint density at radius 3 is 2.00 bits per heavy atom. The molecule has 0 aromatic carbocycles. The standard InChI is InChI=1S/C8H12O4.Sn/c1-2-3-4-5-6(7(9)10)8(11)12;/h5H,2-4H2,1H3,(H,9,10)(H,11,12);. The predicted molar refractivity (Wildman–Crippen MR) is 48.6 cm³/mol. The van der Waals surface area contributed by atoms with Crippen LogP contribution in [0.1, 0.15) is 26.2 Å². The third-order valence-corrected chi connectivity index (χ3v) is 1.37. The molecule has 0 aliphatic heterocycles. The average Bonchev–Trinajstić information content (AvgIpc) is 1.96. The van der Waals surface area contributed by atoms with E-state index < -0.39 is 17.5 Å². The van der Waals surface area contributed by atoms with Crippen molar-refractivity contribution < 1.29 is 19.8 Å². The number of carboxylic acid groups (broad SMARTS) is 2. The van der Waals surface area contributed by atoms with Crippen LogP contribution in [0.15, 0.2) is 11.6 Å². The Hall–Kier alpha value is -0.521. The molecular formula is C8H12O4Sn. The van der Waals surface area contributed by atoms with Crippen LogP contribution in [0.25, 0.3) is 0 Å². The molecule has 0 aliphatic rings. The molecule has 2 N–H and O–H groups in total. The van der Waals surface area contributed by atoms with Crippen LogP contribution in [0.3, 0.4) is 0 Å². The monoisotopic (exact) mass is 292 g/mol. The van der Waals surface area contributed by atoms with E-state index in [2.05, 4.69) is 0 Å². The third kappa shape index (κ3) is 6.62. The maximum Gasteiger partial charge on any atom is 0.342 e. The Morgan fingerprint density at radius 2 is 1.69 bits per heavy atom. The maximum atomic E-state index is 10.3. The van der Waals surface area contributed by atoms with Gasteiger partial charge in [0.2, 0.25) is 0 Å². The number of unbranched alkanes of at least 4 members (excludes halogenated alkanes) is 2. The number of allylic oxidation sites excluding steroid dienone is 1. The van der Waals surface area contributed by atoms with Gasteiger partial charge < -0.3 is 10.2 Å². The van der Waals surface area contributed by atoms with Gasteiger partial charge in [-0.3, -0.25) is 0 Å². The van der Waals surface area contributed by atoms with Crippen molar-refractivity contribution >= 4 is 35.8 Å². The van der Waals surface area contributed by atoms with Gasteiger partial charge in [0, 0.05) is 23.9 Å². The minimum absolute atomic E-state index is 0. The smallest absolute Gasteiger partial charge is 0.342 e. The van der Waals surface area contributed by atoms with Crippen molar-refractivity contribution in [2.75, 3.05) is 0 Å². The van der Waals surface area contributed by atoms with Crippen LogP contribution in [-0.4, -0.2) is 46.1 Å². The van der Waals surface area contributed by atoms with Gasteiger partial charge in [-0.15, -0.1) is 0 Å². The van der Waals surface area contributed by atoms with Crippen LogP contribution in [0, 0.1) is 0 Å². The molecule has 0 spiro atoms. The summed E-state index contributed by atoms with van der Waals surface area (Å²) in [5.41, 5.74) is -0.538. The van der Waals surface area contributed by atoms with E-state index in [4.69, 9.17) is 10.2 Å². The van der Waals surface area contributed by atoms with E-state index in [-0.39, 0.29) is 23.9 Å². The van der Waals surface area contributed by atoms with E-state index >= 15 is 0 Å². The molecule has 72 valence electrons. The summed E-state index contributed by atoms with van der Waals surface area (Å²) < 4.78 is 0. The molecule has 4 nitrogen and oxygen atoms in total. The minimum Gasteiger partial charge on any atom is -0.477 e. The summed E-state index contributed by atoms with van der Waals surface area (Å²) in [5, 5.41) is 16.8. The number of carbonyl (C=O) groups is 2. The Balaban J connectivity index is 0. The zero-order chi connectivity index (χ0) is 9.56. The molecule has 0 atom stereocenters. The van der Waals surface area contributed by atoms with Crippen molar-refractivity contribution in [3.63, 3.8) is 0 Å². The largest absolute Gasteiger partial charge is 0.477 e. The topological polar surface area (TPSA) is 74.6 Å². The van der Waals surface area contributed by atoms with Gasteiger partial charge in [-0.25, -0.2) is 9.59 Å². The molecular weight excluding hydrogens is 279 g/mol. The van der Waals surface area contributed by atoms with Crippen molar-refractivity contribution in [2.24, 2.45) is 0 Å². The summed E-state index contributed by atoms with van der Waals surface area (Å²) in [7, 11) is 0. The molecule has 0 bridgehead atoms. The van der Waals surface area contributed by atoms with Crippen LogP contribution in [0.4, 0.5) is 0 Å². The maximum absolute atomic E-state index is 10.3. The fraction of sp³-hybridized carbons (Fsp3) is 0.500. The second kappa shape index (κ2) is 8.09. The SMILES string of the molecule is CCCCC=C(C(=O)O)C(=O)O.[Sn]. The molecule has 0 heterocycles. The molecule has 0 aromatic heterocycles. The van der Waals surface area contributed by atoms with E-state index in [1.54, 1.807) is 0 Å². The van der Waals surface area contributed by atoms with Crippen molar-refractivity contribution in [3.8, 4) is 0 Å². The van der Waals surface area contributed by atoms with Crippen molar-refractivity contribution in [2.45, 2.75) is 26.2 Å². The fourth-order valence-electron chi connectivity index (χ4n) is 0.717. The van der Waals surface area contributed by atoms with Gasteiger partial charge in [-0.05, 0) is 6.42 Å². The summed E-state index contributed by atoms with van der Waals surface area (Å²) in [4.78, 5) is 20.6. The van der Waals surface area contributed by atoms with Gasteiger partial charge in [0.25, 0.3) is 0 Å². The molecule has 0 aliphatic carbocycles. The van der Waals surface area contributed by atoms with Crippen LogP contribution >= 0.6 is 0 Å². The second-order valence-corrected chi connectivity index (χ2v) is 2.37. The van der Waals surface area contributed by atoms with Crippen LogP contribution < -0.4 is 0 Å². The minimum atomic E-state index is -1.38. The van der Waals surface area contributed by atoms with Gasteiger partial charge in [0.1, 0.15) is 5.57 Å². The summed E-state index contributed by atoms with van der Waals surface area (Å²) in [5.74, 6) is -2.75. The summed E-state index contributed by atoms with van der Waals surface area (Å²) in [6.45, 7) is 1.95. The van der Waals surface area contributed by atoms with Gasteiger partial charge in [-0.1, -0.05) is 25.8 Å². The molecule has 0 saturated carbocycles. The summed E-state index contributed by atoms with van der Waals surface area (Å²) in [6.07, 6.45) is 3.48. The van der Waals surface area contributed by atoms with E-state index in [0.717, 1.165) is 12.8 Å². The molecule has 0 aromatic rings. The van der Waals surface area contributed by atoms with Crippen LogP contribution in [0.2, 0.25) is 0 Å². The normalized spacial score (nSPS) is 8.38. The third-order valence-electron chi connectivity index (χ3n) is 1.37. The Labute approximate surface area is 93.6 Å². The number of rotatable bonds is 5. The second-order valence-electron chi connectivity index (χ2n) is 2.37. The first-order valence-corrected chi connectivity index (χ1v) is 3.76. The zero-order valence-electron chi connectivity index (χ0n) is 7.41. The average molecular weight is 291 g/mol. The van der Waals surface area contributed by atoms with Crippen LogP contribution in [0.5, 0.6) is 0 Å². The summed E-state index contributed by atoms with van der Waals surface area (Å²) >= 11 is 0. The van der Waals surface area contributed by atoms with Gasteiger partial charge in [0.05, 0.1) is 0 Å². The van der Waals surface area contributed by atoms with Crippen molar-refractivity contribution in [1.29, 1.82) is 0 Å². The number of carboxylic acids is 2. The molecule has 0 amide bonds. The van der Waals surface area contributed by atoms with Crippen molar-refractivity contribution in [1.82, 2.24) is 0 Å². The summed E-state index contributed by atoms with van der Waals surface area (Å²) in [6, 6.07) is 0. The van der Waals surface area contributed by atoms with E-state index in [1.165, 1.54) is 6.08 Å². The first-order chi connectivity index (χ1) is 5.59. The molecule has 0 saturated heterocycles. The quantitative estimate of drug-likeness (QED) is 0.259. The molecule has 0 rings (SSSR count).